The SMILES string of the molecule is CCC1CCCC(NC(C)C)(C(=O)OC)CC1. The van der Waals surface area contributed by atoms with Gasteiger partial charge in [-0.25, -0.2) is 0 Å². The van der Waals surface area contributed by atoms with Crippen molar-refractivity contribution in [1.29, 1.82) is 0 Å². The van der Waals surface area contributed by atoms with Gasteiger partial charge in [0.05, 0.1) is 7.11 Å². The normalized spacial score (nSPS) is 30.1. The summed E-state index contributed by atoms with van der Waals surface area (Å²) in [6, 6.07) is 0.312. The van der Waals surface area contributed by atoms with Crippen molar-refractivity contribution < 1.29 is 9.53 Å². The Balaban J connectivity index is 2.79. The largest absolute Gasteiger partial charge is 0.468 e. The van der Waals surface area contributed by atoms with E-state index in [0.29, 0.717) is 6.04 Å². The van der Waals surface area contributed by atoms with E-state index in [9.17, 15) is 4.79 Å². The number of hydrogen-bond donors (Lipinski definition) is 1. The maximum Gasteiger partial charge on any atom is 0.326 e. The van der Waals surface area contributed by atoms with Crippen molar-refractivity contribution in [2.45, 2.75) is 70.9 Å². The second kappa shape index (κ2) is 6.39. The number of carbonyl (C=O) groups excluding carboxylic acids is 1. The first-order valence-electron chi connectivity index (χ1n) is 6.90. The molecule has 1 rings (SSSR count). The van der Waals surface area contributed by atoms with Crippen molar-refractivity contribution in [2.24, 2.45) is 5.92 Å². The van der Waals surface area contributed by atoms with Crippen LogP contribution in [-0.2, 0) is 9.53 Å². The molecule has 0 aromatic carbocycles. The van der Waals surface area contributed by atoms with Crippen molar-refractivity contribution in [3.05, 3.63) is 0 Å². The summed E-state index contributed by atoms with van der Waals surface area (Å²) in [6.45, 7) is 6.42. The van der Waals surface area contributed by atoms with E-state index in [1.54, 1.807) is 0 Å². The van der Waals surface area contributed by atoms with Gasteiger partial charge in [-0.2, -0.15) is 0 Å². The maximum atomic E-state index is 12.1. The van der Waals surface area contributed by atoms with Crippen LogP contribution in [0.3, 0.4) is 0 Å². The standard InChI is InChI=1S/C14H27NO2/c1-5-12-7-6-9-14(10-8-12,13(16)17-4)15-11(2)3/h11-12,15H,5-10H2,1-4H3. The average Bonchev–Trinajstić information content (AvgIpc) is 2.50. The van der Waals surface area contributed by atoms with Crippen molar-refractivity contribution in [3.8, 4) is 0 Å². The van der Waals surface area contributed by atoms with Crippen LogP contribution in [0.5, 0.6) is 0 Å². The van der Waals surface area contributed by atoms with Crippen LogP contribution in [0.1, 0.15) is 59.3 Å². The number of nitrogens with one attached hydrogen (secondary N) is 1. The van der Waals surface area contributed by atoms with E-state index in [2.05, 4.69) is 26.1 Å². The minimum atomic E-state index is -0.438. The second-order valence-corrected chi connectivity index (χ2v) is 5.58. The molecule has 1 aliphatic carbocycles. The van der Waals surface area contributed by atoms with Gasteiger partial charge in [-0.15, -0.1) is 0 Å². The lowest BCUT2D eigenvalue weighted by molar-refractivity contribution is -0.149. The molecule has 17 heavy (non-hydrogen) atoms. The van der Waals surface area contributed by atoms with Crippen LogP contribution in [0.4, 0.5) is 0 Å². The molecule has 2 unspecified atom stereocenters. The fourth-order valence-electron chi connectivity index (χ4n) is 2.98. The highest BCUT2D eigenvalue weighted by molar-refractivity contribution is 5.80. The minimum Gasteiger partial charge on any atom is -0.468 e. The molecule has 1 saturated carbocycles. The van der Waals surface area contributed by atoms with Crippen LogP contribution in [0.25, 0.3) is 0 Å². The van der Waals surface area contributed by atoms with Crippen LogP contribution in [-0.4, -0.2) is 24.7 Å². The first kappa shape index (κ1) is 14.5. The fourth-order valence-corrected chi connectivity index (χ4v) is 2.98. The Kier molecular flexibility index (Phi) is 5.44. The Labute approximate surface area is 105 Å². The third-order valence-corrected chi connectivity index (χ3v) is 3.91. The van der Waals surface area contributed by atoms with Gasteiger partial charge in [0, 0.05) is 6.04 Å². The van der Waals surface area contributed by atoms with Crippen LogP contribution in [0, 0.1) is 5.92 Å². The molecule has 0 heterocycles. The van der Waals surface area contributed by atoms with Crippen molar-refractivity contribution >= 4 is 5.97 Å². The molecule has 1 N–H and O–H groups in total. The van der Waals surface area contributed by atoms with Gasteiger partial charge in [0.1, 0.15) is 5.54 Å². The summed E-state index contributed by atoms with van der Waals surface area (Å²) in [5.74, 6) is 0.693. The highest BCUT2D eigenvalue weighted by atomic mass is 16.5. The molecule has 100 valence electrons. The number of carbonyl (C=O) groups is 1. The predicted molar refractivity (Wildman–Crippen MR) is 69.9 cm³/mol. The van der Waals surface area contributed by atoms with Crippen LogP contribution < -0.4 is 5.32 Å². The van der Waals surface area contributed by atoms with E-state index in [1.807, 2.05) is 0 Å². The van der Waals surface area contributed by atoms with Crippen molar-refractivity contribution in [1.82, 2.24) is 5.32 Å². The smallest absolute Gasteiger partial charge is 0.326 e. The Bertz CT molecular complexity index is 253. The molecule has 0 saturated heterocycles. The molecule has 3 nitrogen and oxygen atoms in total. The zero-order chi connectivity index (χ0) is 12.9. The molecular formula is C14H27NO2. The summed E-state index contributed by atoms with van der Waals surface area (Å²) in [4.78, 5) is 12.1. The fraction of sp³-hybridized carbons (Fsp3) is 0.929. The monoisotopic (exact) mass is 241 g/mol. The summed E-state index contributed by atoms with van der Waals surface area (Å²) in [7, 11) is 1.49. The van der Waals surface area contributed by atoms with Crippen molar-refractivity contribution in [2.75, 3.05) is 7.11 Å². The number of rotatable bonds is 4. The first-order valence-corrected chi connectivity index (χ1v) is 6.90. The van der Waals surface area contributed by atoms with Gasteiger partial charge in [0.25, 0.3) is 0 Å². The molecule has 0 amide bonds. The summed E-state index contributed by atoms with van der Waals surface area (Å²) >= 11 is 0. The average molecular weight is 241 g/mol. The highest BCUT2D eigenvalue weighted by Crippen LogP contribution is 2.33. The predicted octanol–water partition coefficient (Wildman–Crippen LogP) is 2.89. The van der Waals surface area contributed by atoms with Gasteiger partial charge in [0.15, 0.2) is 0 Å². The zero-order valence-corrected chi connectivity index (χ0v) is 11.7. The van der Waals surface area contributed by atoms with E-state index in [-0.39, 0.29) is 5.97 Å². The van der Waals surface area contributed by atoms with E-state index in [0.717, 1.165) is 31.6 Å². The quantitative estimate of drug-likeness (QED) is 0.607. The molecule has 0 aromatic rings. The third kappa shape index (κ3) is 3.70. The van der Waals surface area contributed by atoms with E-state index in [4.69, 9.17) is 4.74 Å². The Morgan fingerprint density at radius 3 is 2.65 bits per heavy atom. The summed E-state index contributed by atoms with van der Waals surface area (Å²) < 4.78 is 5.02. The van der Waals surface area contributed by atoms with Gasteiger partial charge in [-0.3, -0.25) is 10.1 Å². The minimum absolute atomic E-state index is 0.0806. The molecule has 0 radical (unpaired) electrons. The van der Waals surface area contributed by atoms with E-state index in [1.165, 1.54) is 20.0 Å². The number of hydrogen-bond acceptors (Lipinski definition) is 3. The van der Waals surface area contributed by atoms with E-state index >= 15 is 0 Å². The topological polar surface area (TPSA) is 38.3 Å². The second-order valence-electron chi connectivity index (χ2n) is 5.58. The molecule has 3 heteroatoms. The van der Waals surface area contributed by atoms with Crippen molar-refractivity contribution in [3.63, 3.8) is 0 Å². The Hall–Kier alpha value is -0.570. The lowest BCUT2D eigenvalue weighted by atomic mass is 9.88. The molecule has 0 aliphatic heterocycles. The van der Waals surface area contributed by atoms with Gasteiger partial charge >= 0.3 is 5.97 Å². The van der Waals surface area contributed by atoms with Crippen LogP contribution in [0.15, 0.2) is 0 Å². The van der Waals surface area contributed by atoms with E-state index < -0.39 is 5.54 Å². The van der Waals surface area contributed by atoms with Gasteiger partial charge < -0.3 is 4.74 Å². The molecule has 0 spiro atoms. The van der Waals surface area contributed by atoms with Crippen LogP contribution in [0.2, 0.25) is 0 Å². The Morgan fingerprint density at radius 2 is 2.12 bits per heavy atom. The summed E-state index contributed by atoms with van der Waals surface area (Å²) in [6.07, 6.45) is 6.54. The zero-order valence-electron chi connectivity index (χ0n) is 11.7. The van der Waals surface area contributed by atoms with Crippen LogP contribution >= 0.6 is 0 Å². The lowest BCUT2D eigenvalue weighted by Crippen LogP contribution is -2.55. The summed E-state index contributed by atoms with van der Waals surface area (Å²) in [5, 5.41) is 3.46. The maximum absolute atomic E-state index is 12.1. The first-order chi connectivity index (χ1) is 8.04. The number of methoxy groups -OCH3 is 1. The number of ether oxygens (including phenoxy) is 1. The third-order valence-electron chi connectivity index (χ3n) is 3.91. The van der Waals surface area contributed by atoms with Gasteiger partial charge in [-0.05, 0) is 39.0 Å². The molecule has 0 bridgehead atoms. The Morgan fingerprint density at radius 1 is 1.41 bits per heavy atom. The molecule has 1 fully saturated rings. The summed E-state index contributed by atoms with van der Waals surface area (Å²) in [5.41, 5.74) is -0.438. The van der Waals surface area contributed by atoms with Gasteiger partial charge in [-0.1, -0.05) is 26.2 Å². The molecule has 2 atom stereocenters. The molecule has 1 aliphatic rings. The molecular weight excluding hydrogens is 214 g/mol. The lowest BCUT2D eigenvalue weighted by Gasteiger charge is -2.33. The highest BCUT2D eigenvalue weighted by Gasteiger charge is 2.41. The molecule has 0 aromatic heterocycles. The number of esters is 1. The van der Waals surface area contributed by atoms with Gasteiger partial charge in [0.2, 0.25) is 0 Å².